The molecule has 3 heteroatoms. The number of nitrogens with zero attached hydrogens (tertiary/aromatic N) is 1. The van der Waals surface area contributed by atoms with Gasteiger partial charge in [0.1, 0.15) is 0 Å². The highest BCUT2D eigenvalue weighted by molar-refractivity contribution is 5.96. The molecule has 0 atom stereocenters. The quantitative estimate of drug-likeness (QED) is 0.598. The number of furan rings is 1. The zero-order chi connectivity index (χ0) is 10.7. The largest absolute Gasteiger partial charge is 0.461 e. The molecule has 0 saturated carbocycles. The number of hydrogen-bond acceptors (Lipinski definition) is 2. The molecule has 2 aromatic rings. The molecule has 2 rings (SSSR count). The fourth-order valence-electron chi connectivity index (χ4n) is 1.24. The average Bonchev–Trinajstić information content (AvgIpc) is 2.74. The van der Waals surface area contributed by atoms with Crippen LogP contribution in [-0.2, 0) is 0 Å². The van der Waals surface area contributed by atoms with E-state index in [9.17, 15) is 0 Å². The second-order valence-electron chi connectivity index (χ2n) is 3.31. The Kier molecular flexibility index (Phi) is 2.54. The standard InChI is InChI=1S/C12H12N2O/c1-9-4-6-10(7-5-9)14-12(13)11-3-2-8-15-11/h2-8H,1H3,(H2,13,14). The Morgan fingerprint density at radius 2 is 1.93 bits per heavy atom. The average molecular weight is 200 g/mol. The van der Waals surface area contributed by atoms with Gasteiger partial charge in [-0.3, -0.25) is 0 Å². The molecular formula is C12H12N2O. The molecule has 0 bridgehead atoms. The molecule has 0 spiro atoms. The van der Waals surface area contributed by atoms with E-state index in [1.165, 1.54) is 5.56 Å². The minimum atomic E-state index is 0.392. The Morgan fingerprint density at radius 1 is 1.20 bits per heavy atom. The highest BCUT2D eigenvalue weighted by Gasteiger charge is 2.00. The smallest absolute Gasteiger partial charge is 0.168 e. The van der Waals surface area contributed by atoms with Crippen LogP contribution in [0.2, 0.25) is 0 Å². The van der Waals surface area contributed by atoms with Crippen LogP contribution in [0, 0.1) is 6.92 Å². The Balaban J connectivity index is 2.27. The molecule has 0 fully saturated rings. The van der Waals surface area contributed by atoms with E-state index in [0.717, 1.165) is 5.69 Å². The molecule has 1 aromatic heterocycles. The van der Waals surface area contributed by atoms with Gasteiger partial charge in [-0.25, -0.2) is 4.99 Å². The molecular weight excluding hydrogens is 188 g/mol. The molecule has 1 aromatic carbocycles. The lowest BCUT2D eigenvalue weighted by molar-refractivity contribution is 0.557. The fraction of sp³-hybridized carbons (Fsp3) is 0.0833. The Morgan fingerprint density at radius 3 is 2.53 bits per heavy atom. The van der Waals surface area contributed by atoms with E-state index in [-0.39, 0.29) is 0 Å². The second kappa shape index (κ2) is 4.00. The van der Waals surface area contributed by atoms with Gasteiger partial charge in [-0.15, -0.1) is 0 Å². The third kappa shape index (κ3) is 2.26. The first-order chi connectivity index (χ1) is 7.25. The predicted octanol–water partition coefficient (Wildman–Crippen LogP) is 2.63. The summed E-state index contributed by atoms with van der Waals surface area (Å²) in [4.78, 5) is 4.24. The fourth-order valence-corrected chi connectivity index (χ4v) is 1.24. The van der Waals surface area contributed by atoms with Crippen molar-refractivity contribution >= 4 is 11.5 Å². The van der Waals surface area contributed by atoms with Crippen molar-refractivity contribution in [1.29, 1.82) is 0 Å². The summed E-state index contributed by atoms with van der Waals surface area (Å²) in [7, 11) is 0. The maximum Gasteiger partial charge on any atom is 0.168 e. The molecule has 0 unspecified atom stereocenters. The lowest BCUT2D eigenvalue weighted by atomic mass is 10.2. The molecule has 76 valence electrons. The Hall–Kier alpha value is -2.03. The normalized spacial score (nSPS) is 11.7. The monoisotopic (exact) mass is 200 g/mol. The summed E-state index contributed by atoms with van der Waals surface area (Å²) in [5.41, 5.74) is 7.79. The molecule has 0 radical (unpaired) electrons. The minimum absolute atomic E-state index is 0.392. The van der Waals surface area contributed by atoms with Crippen molar-refractivity contribution < 1.29 is 4.42 Å². The van der Waals surface area contributed by atoms with E-state index in [1.807, 2.05) is 31.2 Å². The van der Waals surface area contributed by atoms with Crippen LogP contribution in [-0.4, -0.2) is 5.84 Å². The van der Waals surface area contributed by atoms with Gasteiger partial charge in [0.15, 0.2) is 11.6 Å². The Labute approximate surface area is 88.2 Å². The van der Waals surface area contributed by atoms with Crippen LogP contribution < -0.4 is 5.73 Å². The number of hydrogen-bond donors (Lipinski definition) is 1. The number of amidine groups is 1. The van der Waals surface area contributed by atoms with Crippen molar-refractivity contribution in [2.75, 3.05) is 0 Å². The summed E-state index contributed by atoms with van der Waals surface area (Å²) in [5, 5.41) is 0. The van der Waals surface area contributed by atoms with Crippen LogP contribution in [0.5, 0.6) is 0 Å². The van der Waals surface area contributed by atoms with Crippen molar-refractivity contribution in [1.82, 2.24) is 0 Å². The van der Waals surface area contributed by atoms with Gasteiger partial charge in [0.2, 0.25) is 0 Å². The number of rotatable bonds is 2. The molecule has 0 amide bonds. The van der Waals surface area contributed by atoms with Crippen molar-refractivity contribution in [3.05, 3.63) is 54.0 Å². The van der Waals surface area contributed by atoms with E-state index < -0.39 is 0 Å². The zero-order valence-corrected chi connectivity index (χ0v) is 8.47. The topological polar surface area (TPSA) is 51.5 Å². The van der Waals surface area contributed by atoms with E-state index in [1.54, 1.807) is 18.4 Å². The first kappa shape index (κ1) is 9.52. The van der Waals surface area contributed by atoms with Gasteiger partial charge in [0.25, 0.3) is 0 Å². The van der Waals surface area contributed by atoms with Crippen LogP contribution in [0.15, 0.2) is 52.1 Å². The molecule has 15 heavy (non-hydrogen) atoms. The van der Waals surface area contributed by atoms with Gasteiger partial charge in [-0.2, -0.15) is 0 Å². The predicted molar refractivity (Wildman–Crippen MR) is 60.3 cm³/mol. The van der Waals surface area contributed by atoms with Crippen LogP contribution in [0.3, 0.4) is 0 Å². The molecule has 0 aliphatic rings. The summed E-state index contributed by atoms with van der Waals surface area (Å²) in [6, 6.07) is 11.4. The maximum atomic E-state index is 5.77. The van der Waals surface area contributed by atoms with Crippen LogP contribution >= 0.6 is 0 Å². The summed E-state index contributed by atoms with van der Waals surface area (Å²) in [6.07, 6.45) is 1.58. The van der Waals surface area contributed by atoms with Gasteiger partial charge in [-0.1, -0.05) is 17.7 Å². The maximum absolute atomic E-state index is 5.77. The third-order valence-corrected chi connectivity index (χ3v) is 2.06. The highest BCUT2D eigenvalue weighted by atomic mass is 16.3. The van der Waals surface area contributed by atoms with Crippen molar-refractivity contribution in [3.63, 3.8) is 0 Å². The lowest BCUT2D eigenvalue weighted by Crippen LogP contribution is -2.11. The first-order valence-electron chi connectivity index (χ1n) is 4.70. The van der Waals surface area contributed by atoms with Gasteiger partial charge >= 0.3 is 0 Å². The number of aliphatic imine (C=N–C) groups is 1. The van der Waals surface area contributed by atoms with Crippen LogP contribution in [0.1, 0.15) is 11.3 Å². The van der Waals surface area contributed by atoms with Crippen LogP contribution in [0.25, 0.3) is 0 Å². The third-order valence-electron chi connectivity index (χ3n) is 2.06. The van der Waals surface area contributed by atoms with E-state index in [2.05, 4.69) is 4.99 Å². The van der Waals surface area contributed by atoms with Crippen molar-refractivity contribution in [2.45, 2.75) is 6.92 Å². The van der Waals surface area contributed by atoms with Gasteiger partial charge in [0.05, 0.1) is 12.0 Å². The van der Waals surface area contributed by atoms with Gasteiger partial charge < -0.3 is 10.2 Å². The van der Waals surface area contributed by atoms with Crippen molar-refractivity contribution in [2.24, 2.45) is 10.7 Å². The number of aryl methyl sites for hydroxylation is 1. The minimum Gasteiger partial charge on any atom is -0.461 e. The summed E-state index contributed by atoms with van der Waals surface area (Å²) < 4.78 is 5.14. The number of nitrogens with two attached hydrogens (primary N) is 1. The Bertz CT molecular complexity index is 455. The first-order valence-corrected chi connectivity index (χ1v) is 4.70. The van der Waals surface area contributed by atoms with Gasteiger partial charge in [-0.05, 0) is 31.2 Å². The summed E-state index contributed by atoms with van der Waals surface area (Å²) in [6.45, 7) is 2.03. The van der Waals surface area contributed by atoms with E-state index in [0.29, 0.717) is 11.6 Å². The molecule has 0 aliphatic carbocycles. The van der Waals surface area contributed by atoms with Gasteiger partial charge in [0, 0.05) is 0 Å². The van der Waals surface area contributed by atoms with E-state index >= 15 is 0 Å². The molecule has 3 nitrogen and oxygen atoms in total. The molecule has 0 saturated heterocycles. The lowest BCUT2D eigenvalue weighted by Gasteiger charge is -1.97. The second-order valence-corrected chi connectivity index (χ2v) is 3.31. The summed E-state index contributed by atoms with van der Waals surface area (Å²) >= 11 is 0. The van der Waals surface area contributed by atoms with Crippen molar-refractivity contribution in [3.8, 4) is 0 Å². The highest BCUT2D eigenvalue weighted by Crippen LogP contribution is 2.13. The number of benzene rings is 1. The van der Waals surface area contributed by atoms with E-state index in [4.69, 9.17) is 10.2 Å². The van der Waals surface area contributed by atoms with Crippen LogP contribution in [0.4, 0.5) is 5.69 Å². The SMILES string of the molecule is Cc1ccc(N=C(N)c2ccco2)cc1. The molecule has 1 heterocycles. The zero-order valence-electron chi connectivity index (χ0n) is 8.47. The molecule has 2 N–H and O–H groups in total. The summed E-state index contributed by atoms with van der Waals surface area (Å²) in [5.74, 6) is 0.986. The molecule has 0 aliphatic heterocycles.